The second kappa shape index (κ2) is 7.95. The Hall–Kier alpha value is -2.98. The minimum absolute atomic E-state index is 0.287. The largest absolute Gasteiger partial charge is 0.462 e. The first kappa shape index (κ1) is 18.4. The highest BCUT2D eigenvalue weighted by Crippen LogP contribution is 2.42. The predicted molar refractivity (Wildman–Crippen MR) is 115 cm³/mol. The molecule has 0 radical (unpaired) electrons. The van der Waals surface area contributed by atoms with Crippen molar-refractivity contribution in [2.24, 2.45) is 7.05 Å². The highest BCUT2D eigenvalue weighted by atomic mass is 32.2. The summed E-state index contributed by atoms with van der Waals surface area (Å²) in [5.41, 5.74) is 3.97. The fourth-order valence-corrected chi connectivity index (χ4v) is 4.53. The molecule has 0 unspecified atom stereocenters. The minimum atomic E-state index is -0.287. The van der Waals surface area contributed by atoms with Crippen molar-refractivity contribution >= 4 is 28.6 Å². The molecule has 0 N–H and O–H groups in total. The van der Waals surface area contributed by atoms with E-state index in [-0.39, 0.29) is 5.97 Å². The Morgan fingerprint density at radius 2 is 1.61 bits per heavy atom. The van der Waals surface area contributed by atoms with Crippen LogP contribution in [0.15, 0.2) is 88.7 Å². The Labute approximate surface area is 169 Å². The van der Waals surface area contributed by atoms with Gasteiger partial charge in [-0.3, -0.25) is 0 Å². The zero-order chi connectivity index (χ0) is 19.5. The summed E-state index contributed by atoms with van der Waals surface area (Å²) in [7, 11) is 2.09. The normalized spacial score (nSPS) is 10.9. The van der Waals surface area contributed by atoms with Crippen LogP contribution in [0.3, 0.4) is 0 Å². The smallest absolute Gasteiger partial charge is 0.338 e. The Morgan fingerprint density at radius 3 is 2.32 bits per heavy atom. The molecule has 1 heterocycles. The molecule has 3 nitrogen and oxygen atoms in total. The third kappa shape index (κ3) is 3.43. The van der Waals surface area contributed by atoms with E-state index in [1.54, 1.807) is 11.8 Å². The van der Waals surface area contributed by atoms with Gasteiger partial charge in [-0.05, 0) is 42.8 Å². The molecular formula is C24H21NO2S. The van der Waals surface area contributed by atoms with E-state index in [1.165, 1.54) is 20.7 Å². The monoisotopic (exact) mass is 387 g/mol. The first-order valence-corrected chi connectivity index (χ1v) is 10.1. The van der Waals surface area contributed by atoms with Crippen molar-refractivity contribution in [3.05, 3.63) is 84.4 Å². The lowest BCUT2D eigenvalue weighted by Gasteiger charge is -2.09. The number of nitrogens with zero attached hydrogens (tertiary/aromatic N) is 1. The molecule has 0 saturated heterocycles. The number of rotatable bonds is 5. The molecule has 0 aliphatic carbocycles. The minimum Gasteiger partial charge on any atom is -0.462 e. The second-order valence-corrected chi connectivity index (χ2v) is 7.55. The van der Waals surface area contributed by atoms with Gasteiger partial charge in [0.2, 0.25) is 0 Å². The predicted octanol–water partition coefficient (Wildman–Crippen LogP) is 6.17. The molecule has 4 rings (SSSR count). The second-order valence-electron chi connectivity index (χ2n) is 6.47. The number of esters is 1. The zero-order valence-electron chi connectivity index (χ0n) is 15.9. The van der Waals surface area contributed by atoms with Crippen LogP contribution in [0.4, 0.5) is 0 Å². The molecule has 140 valence electrons. The lowest BCUT2D eigenvalue weighted by Crippen LogP contribution is -2.04. The zero-order valence-corrected chi connectivity index (χ0v) is 16.7. The van der Waals surface area contributed by atoms with Crippen LogP contribution < -0.4 is 0 Å². The summed E-state index contributed by atoms with van der Waals surface area (Å²) in [6.45, 7) is 2.19. The molecule has 0 aliphatic rings. The van der Waals surface area contributed by atoms with Gasteiger partial charge in [0.15, 0.2) is 0 Å². The van der Waals surface area contributed by atoms with E-state index in [2.05, 4.69) is 60.1 Å². The number of ether oxygens (including phenoxy) is 1. The lowest BCUT2D eigenvalue weighted by atomic mass is 10.1. The van der Waals surface area contributed by atoms with Gasteiger partial charge in [0.25, 0.3) is 0 Å². The van der Waals surface area contributed by atoms with Gasteiger partial charge >= 0.3 is 5.97 Å². The van der Waals surface area contributed by atoms with Crippen LogP contribution in [-0.2, 0) is 11.8 Å². The number of hydrogen-bond donors (Lipinski definition) is 0. The number of hydrogen-bond acceptors (Lipinski definition) is 3. The standard InChI is InChI=1S/C24H21NO2S/c1-3-27-24(26)18-15-13-17(14-16-18)22-23(28-19-9-5-4-6-10-19)20-11-7-8-12-21(20)25(22)2/h4-16H,3H2,1-2H3. The van der Waals surface area contributed by atoms with Crippen LogP contribution in [-0.4, -0.2) is 17.1 Å². The van der Waals surface area contributed by atoms with Gasteiger partial charge in [-0.1, -0.05) is 60.3 Å². The Bertz CT molecular complexity index is 1110. The number of benzene rings is 3. The van der Waals surface area contributed by atoms with Crippen molar-refractivity contribution < 1.29 is 9.53 Å². The summed E-state index contributed by atoms with van der Waals surface area (Å²) < 4.78 is 7.32. The van der Waals surface area contributed by atoms with Gasteiger partial charge < -0.3 is 9.30 Å². The summed E-state index contributed by atoms with van der Waals surface area (Å²) in [6, 6.07) is 26.5. The van der Waals surface area contributed by atoms with Crippen LogP contribution in [0.1, 0.15) is 17.3 Å². The SMILES string of the molecule is CCOC(=O)c1ccc(-c2c(Sc3ccccc3)c3ccccc3n2C)cc1. The molecule has 3 aromatic carbocycles. The van der Waals surface area contributed by atoms with Gasteiger partial charge in [-0.25, -0.2) is 4.79 Å². The van der Waals surface area contributed by atoms with Gasteiger partial charge in [0, 0.05) is 27.7 Å². The fraction of sp³-hybridized carbons (Fsp3) is 0.125. The van der Waals surface area contributed by atoms with Crippen LogP contribution in [0, 0.1) is 0 Å². The molecule has 0 fully saturated rings. The average Bonchev–Trinajstić information content (AvgIpc) is 3.01. The molecule has 0 atom stereocenters. The van der Waals surface area contributed by atoms with E-state index in [4.69, 9.17) is 4.74 Å². The van der Waals surface area contributed by atoms with Crippen LogP contribution in [0.5, 0.6) is 0 Å². The van der Waals surface area contributed by atoms with E-state index >= 15 is 0 Å². The van der Waals surface area contributed by atoms with E-state index in [0.29, 0.717) is 12.2 Å². The first-order chi connectivity index (χ1) is 13.7. The van der Waals surface area contributed by atoms with E-state index in [1.807, 2.05) is 37.3 Å². The maximum absolute atomic E-state index is 12.0. The van der Waals surface area contributed by atoms with Crippen LogP contribution in [0.25, 0.3) is 22.2 Å². The van der Waals surface area contributed by atoms with Gasteiger partial charge in [0.05, 0.1) is 17.9 Å². The quantitative estimate of drug-likeness (QED) is 0.384. The molecule has 4 aromatic rings. The highest BCUT2D eigenvalue weighted by Gasteiger charge is 2.18. The fourth-order valence-electron chi connectivity index (χ4n) is 3.37. The number of carbonyl (C=O) groups is 1. The summed E-state index contributed by atoms with van der Waals surface area (Å²) in [6.07, 6.45) is 0. The number of fused-ring (bicyclic) bond motifs is 1. The Morgan fingerprint density at radius 1 is 0.929 bits per heavy atom. The summed E-state index contributed by atoms with van der Waals surface area (Å²) >= 11 is 1.77. The lowest BCUT2D eigenvalue weighted by molar-refractivity contribution is 0.0526. The number of aromatic nitrogens is 1. The van der Waals surface area contributed by atoms with Crippen molar-refractivity contribution in [3.63, 3.8) is 0 Å². The number of aryl methyl sites for hydroxylation is 1. The van der Waals surface area contributed by atoms with Crippen LogP contribution in [0.2, 0.25) is 0 Å². The molecule has 0 amide bonds. The summed E-state index contributed by atoms with van der Waals surface area (Å²) in [5.74, 6) is -0.287. The van der Waals surface area contributed by atoms with Gasteiger partial charge in [-0.2, -0.15) is 0 Å². The number of para-hydroxylation sites is 1. The Kier molecular flexibility index (Phi) is 5.22. The van der Waals surface area contributed by atoms with E-state index in [9.17, 15) is 4.79 Å². The first-order valence-electron chi connectivity index (χ1n) is 9.27. The van der Waals surface area contributed by atoms with Crippen molar-refractivity contribution in [1.82, 2.24) is 4.57 Å². The third-order valence-electron chi connectivity index (χ3n) is 4.69. The molecular weight excluding hydrogens is 366 g/mol. The van der Waals surface area contributed by atoms with Gasteiger partial charge in [-0.15, -0.1) is 0 Å². The topological polar surface area (TPSA) is 31.2 Å². The van der Waals surface area contributed by atoms with E-state index < -0.39 is 0 Å². The molecule has 1 aromatic heterocycles. The third-order valence-corrected chi connectivity index (χ3v) is 5.82. The maximum atomic E-state index is 12.0. The maximum Gasteiger partial charge on any atom is 0.338 e. The van der Waals surface area contributed by atoms with E-state index in [0.717, 1.165) is 11.3 Å². The van der Waals surface area contributed by atoms with Crippen molar-refractivity contribution in [3.8, 4) is 11.3 Å². The Balaban J connectivity index is 1.83. The molecule has 0 bridgehead atoms. The van der Waals surface area contributed by atoms with Crippen molar-refractivity contribution in [1.29, 1.82) is 0 Å². The van der Waals surface area contributed by atoms with Gasteiger partial charge in [0.1, 0.15) is 0 Å². The molecule has 0 aliphatic heterocycles. The van der Waals surface area contributed by atoms with Crippen molar-refractivity contribution in [2.75, 3.05) is 6.61 Å². The average molecular weight is 388 g/mol. The summed E-state index contributed by atoms with van der Waals surface area (Å²) in [5, 5.41) is 1.23. The molecule has 28 heavy (non-hydrogen) atoms. The molecule has 0 spiro atoms. The van der Waals surface area contributed by atoms with Crippen molar-refractivity contribution in [2.45, 2.75) is 16.7 Å². The van der Waals surface area contributed by atoms with Crippen LogP contribution >= 0.6 is 11.8 Å². The molecule has 0 saturated carbocycles. The molecule has 4 heteroatoms. The highest BCUT2D eigenvalue weighted by molar-refractivity contribution is 7.99. The number of carbonyl (C=O) groups excluding carboxylic acids is 1. The summed E-state index contributed by atoms with van der Waals surface area (Å²) in [4.78, 5) is 14.4.